The van der Waals surface area contributed by atoms with Gasteiger partial charge in [-0.1, -0.05) is 6.92 Å². The number of aliphatic hydroxyl groups excluding tert-OH is 1. The molecule has 1 unspecified atom stereocenters. The van der Waals surface area contributed by atoms with Crippen molar-refractivity contribution in [2.75, 3.05) is 44.2 Å². The van der Waals surface area contributed by atoms with Crippen molar-refractivity contribution >= 4 is 26.5 Å². The van der Waals surface area contributed by atoms with E-state index in [0.717, 1.165) is 39.3 Å². The van der Waals surface area contributed by atoms with E-state index in [2.05, 4.69) is 14.6 Å². The van der Waals surface area contributed by atoms with E-state index in [9.17, 15) is 13.5 Å². The van der Waals surface area contributed by atoms with Crippen LogP contribution in [-0.4, -0.2) is 69.0 Å². The zero-order chi connectivity index (χ0) is 22.3. The summed E-state index contributed by atoms with van der Waals surface area (Å²) in [4.78, 5) is 6.82. The van der Waals surface area contributed by atoms with E-state index in [0.29, 0.717) is 41.6 Å². The molecule has 1 atom stereocenters. The second-order valence-electron chi connectivity index (χ2n) is 7.60. The molecule has 0 bridgehead atoms. The predicted molar refractivity (Wildman–Crippen MR) is 121 cm³/mol. The first-order valence-electron chi connectivity index (χ1n) is 10.6. The molecule has 31 heavy (non-hydrogen) atoms. The smallest absolute Gasteiger partial charge is 0.263 e. The minimum Gasteiger partial charge on any atom is -0.494 e. The number of ether oxygens (including phenoxy) is 2. The lowest BCUT2D eigenvalue weighted by atomic mass is 10.2. The van der Waals surface area contributed by atoms with Gasteiger partial charge in [0.15, 0.2) is 5.13 Å². The molecule has 0 saturated carbocycles. The van der Waals surface area contributed by atoms with Crippen LogP contribution in [0.4, 0.5) is 5.13 Å². The summed E-state index contributed by atoms with van der Waals surface area (Å²) in [6.45, 7) is 8.66. The number of thiazole rings is 1. The van der Waals surface area contributed by atoms with Gasteiger partial charge in [-0.05, 0) is 43.5 Å². The number of hydrogen-bond acceptors (Lipinski definition) is 8. The molecule has 0 spiro atoms. The van der Waals surface area contributed by atoms with E-state index < -0.39 is 16.1 Å². The molecule has 8 nitrogen and oxygen atoms in total. The highest BCUT2D eigenvalue weighted by atomic mass is 32.2. The van der Waals surface area contributed by atoms with E-state index in [4.69, 9.17) is 9.47 Å². The summed E-state index contributed by atoms with van der Waals surface area (Å²) in [6.07, 6.45) is 1.46. The van der Waals surface area contributed by atoms with Crippen LogP contribution in [0.25, 0.3) is 0 Å². The third-order valence-corrected chi connectivity index (χ3v) is 7.55. The third-order valence-electron chi connectivity index (χ3n) is 5.12. The molecule has 1 aliphatic rings. The van der Waals surface area contributed by atoms with Crippen molar-refractivity contribution in [3.05, 3.63) is 34.8 Å². The summed E-state index contributed by atoms with van der Waals surface area (Å²) in [5, 5.41) is 11.8. The van der Waals surface area contributed by atoms with Crippen molar-refractivity contribution < 1.29 is 23.0 Å². The van der Waals surface area contributed by atoms with Crippen LogP contribution < -0.4 is 9.46 Å². The lowest BCUT2D eigenvalue weighted by molar-refractivity contribution is 0.0358. The molecule has 10 heteroatoms. The van der Waals surface area contributed by atoms with Crippen molar-refractivity contribution in [2.24, 2.45) is 0 Å². The molecule has 0 aliphatic carbocycles. The molecule has 0 amide bonds. The molecule has 1 saturated heterocycles. The average Bonchev–Trinajstić information content (AvgIpc) is 3.17. The fourth-order valence-corrected chi connectivity index (χ4v) is 5.52. The molecule has 1 fully saturated rings. The molecule has 172 valence electrons. The number of morpholine rings is 1. The van der Waals surface area contributed by atoms with Gasteiger partial charge >= 0.3 is 0 Å². The van der Waals surface area contributed by atoms with Crippen LogP contribution in [0.5, 0.6) is 5.75 Å². The maximum absolute atomic E-state index is 12.8. The molecule has 1 aliphatic heterocycles. The predicted octanol–water partition coefficient (Wildman–Crippen LogP) is 2.67. The van der Waals surface area contributed by atoms with E-state index in [1.165, 1.54) is 11.3 Å². The summed E-state index contributed by atoms with van der Waals surface area (Å²) >= 11 is 1.21. The number of rotatable bonds is 11. The third kappa shape index (κ3) is 7.15. The summed E-state index contributed by atoms with van der Waals surface area (Å²) in [5.41, 5.74) is 1.28. The van der Waals surface area contributed by atoms with Crippen molar-refractivity contribution in [3.8, 4) is 5.75 Å². The largest absolute Gasteiger partial charge is 0.494 e. The Morgan fingerprint density at radius 3 is 2.84 bits per heavy atom. The van der Waals surface area contributed by atoms with Gasteiger partial charge in [-0.25, -0.2) is 13.4 Å². The van der Waals surface area contributed by atoms with E-state index in [-0.39, 0.29) is 4.90 Å². The molecule has 2 heterocycles. The topological polar surface area (TPSA) is 101 Å². The van der Waals surface area contributed by atoms with Crippen LogP contribution in [-0.2, 0) is 21.2 Å². The van der Waals surface area contributed by atoms with Gasteiger partial charge in [-0.15, -0.1) is 11.3 Å². The number of anilines is 1. The standard InChI is InChI=1S/C21H31N3O5S2/c1-3-18(25)14-17-15-30-21(22-17)23-31(26,27)20-6-5-19(13-16(20)2)29-10-4-7-24-8-11-28-12-9-24/h5-6,13,15,18,25H,3-4,7-12,14H2,1-2H3,(H,22,23). The molecule has 1 aromatic heterocycles. The Hall–Kier alpha value is -1.72. The van der Waals surface area contributed by atoms with Crippen LogP contribution in [0.3, 0.4) is 0 Å². The van der Waals surface area contributed by atoms with Gasteiger partial charge < -0.3 is 14.6 Å². The van der Waals surface area contributed by atoms with Crippen LogP contribution in [0.15, 0.2) is 28.5 Å². The Morgan fingerprint density at radius 2 is 2.13 bits per heavy atom. The van der Waals surface area contributed by atoms with E-state index >= 15 is 0 Å². The average molecular weight is 470 g/mol. The van der Waals surface area contributed by atoms with Gasteiger partial charge in [-0.3, -0.25) is 9.62 Å². The van der Waals surface area contributed by atoms with Crippen LogP contribution in [0.2, 0.25) is 0 Å². The van der Waals surface area contributed by atoms with Crippen molar-refractivity contribution in [2.45, 2.75) is 44.1 Å². The maximum Gasteiger partial charge on any atom is 0.263 e. The van der Waals surface area contributed by atoms with Crippen LogP contribution in [0, 0.1) is 6.92 Å². The number of nitrogens with one attached hydrogen (secondary N) is 1. The highest BCUT2D eigenvalue weighted by molar-refractivity contribution is 7.93. The Bertz CT molecular complexity index is 942. The Morgan fingerprint density at radius 1 is 1.35 bits per heavy atom. The summed E-state index contributed by atoms with van der Waals surface area (Å²) < 4.78 is 39.3. The summed E-state index contributed by atoms with van der Waals surface area (Å²) in [7, 11) is -3.76. The minimum atomic E-state index is -3.76. The minimum absolute atomic E-state index is 0.193. The number of nitrogens with zero attached hydrogens (tertiary/aromatic N) is 2. The molecular weight excluding hydrogens is 438 g/mol. The Kier molecular flexibility index (Phi) is 8.67. The first kappa shape index (κ1) is 23.9. The van der Waals surface area contributed by atoms with Crippen molar-refractivity contribution in [3.63, 3.8) is 0 Å². The summed E-state index contributed by atoms with van der Waals surface area (Å²) in [5.74, 6) is 0.656. The lowest BCUT2D eigenvalue weighted by Gasteiger charge is -2.26. The Balaban J connectivity index is 1.54. The second-order valence-corrected chi connectivity index (χ2v) is 10.1. The monoisotopic (exact) mass is 469 g/mol. The molecular formula is C21H31N3O5S2. The molecule has 2 N–H and O–H groups in total. The number of aliphatic hydroxyl groups is 1. The lowest BCUT2D eigenvalue weighted by Crippen LogP contribution is -2.37. The van der Waals surface area contributed by atoms with Crippen molar-refractivity contribution in [1.29, 1.82) is 0 Å². The normalized spacial score (nSPS) is 16.2. The fraction of sp³-hybridized carbons (Fsp3) is 0.571. The van der Waals surface area contributed by atoms with Crippen molar-refractivity contribution in [1.82, 2.24) is 9.88 Å². The molecule has 2 aromatic rings. The van der Waals surface area contributed by atoms with Gasteiger partial charge in [0, 0.05) is 31.4 Å². The Labute approximate surface area is 188 Å². The fourth-order valence-electron chi connectivity index (χ4n) is 3.32. The maximum atomic E-state index is 12.8. The highest BCUT2D eigenvalue weighted by Crippen LogP contribution is 2.25. The first-order valence-corrected chi connectivity index (χ1v) is 12.9. The molecule has 3 rings (SSSR count). The van der Waals surface area contributed by atoms with E-state index in [1.807, 2.05) is 6.92 Å². The van der Waals surface area contributed by atoms with Crippen LogP contribution >= 0.6 is 11.3 Å². The number of aromatic nitrogens is 1. The number of sulfonamides is 1. The summed E-state index contributed by atoms with van der Waals surface area (Å²) in [6, 6.07) is 4.99. The number of aryl methyl sites for hydroxylation is 1. The van der Waals surface area contributed by atoms with Gasteiger partial charge in [0.25, 0.3) is 10.0 Å². The number of hydrogen-bond donors (Lipinski definition) is 2. The van der Waals surface area contributed by atoms with Gasteiger partial charge in [-0.2, -0.15) is 0 Å². The number of benzene rings is 1. The second kappa shape index (κ2) is 11.2. The molecule has 1 aromatic carbocycles. The quantitative estimate of drug-likeness (QED) is 0.488. The zero-order valence-electron chi connectivity index (χ0n) is 18.0. The highest BCUT2D eigenvalue weighted by Gasteiger charge is 2.19. The van der Waals surface area contributed by atoms with Crippen LogP contribution in [0.1, 0.15) is 31.0 Å². The van der Waals surface area contributed by atoms with Gasteiger partial charge in [0.2, 0.25) is 0 Å². The van der Waals surface area contributed by atoms with Gasteiger partial charge in [0.05, 0.1) is 36.5 Å². The van der Waals surface area contributed by atoms with Gasteiger partial charge in [0.1, 0.15) is 5.75 Å². The SMILES string of the molecule is CCC(O)Cc1csc(NS(=O)(=O)c2ccc(OCCCN3CCOCC3)cc2C)n1. The molecule has 0 radical (unpaired) electrons. The van der Waals surface area contributed by atoms with E-state index in [1.54, 1.807) is 30.5 Å². The first-order chi connectivity index (χ1) is 14.9. The zero-order valence-corrected chi connectivity index (χ0v) is 19.7.